The second-order valence-corrected chi connectivity index (χ2v) is 15.3. The van der Waals surface area contributed by atoms with E-state index in [0.717, 1.165) is 70.3 Å². The molecule has 5 aliphatic rings. The fourth-order valence-electron chi connectivity index (χ4n) is 9.22. The third kappa shape index (κ3) is 4.80. The summed E-state index contributed by atoms with van der Waals surface area (Å²) in [6.45, 7) is 8.60. The molecule has 0 unspecified atom stereocenters. The first kappa shape index (κ1) is 27.8. The van der Waals surface area contributed by atoms with Gasteiger partial charge in [0.25, 0.3) is 5.91 Å². The molecule has 228 valence electrons. The summed E-state index contributed by atoms with van der Waals surface area (Å²) in [4.78, 5) is 26.1. The first-order valence-corrected chi connectivity index (χ1v) is 17.0. The van der Waals surface area contributed by atoms with Crippen molar-refractivity contribution in [3.05, 3.63) is 69.5 Å². The standard InChI is InChI=1S/C35H41N7OS/c1-20-22(3)44-34(38-20)40-33(43)28-6-4-5-26-9-10-41(18-30(26)28)31-8-7-27(32(36)39-31)29-17-37-42(21(29)2)19-35-14-23-11-24(15-35)13-25(12-23)16-35/h4-8,17,23-25H,9-16,18-19H2,1-3H3,(H2,36,39)(H,38,40,43). The quantitative estimate of drug-likeness (QED) is 0.246. The van der Waals surface area contributed by atoms with E-state index in [1.165, 1.54) is 61.1 Å². The van der Waals surface area contributed by atoms with Gasteiger partial charge in [-0.1, -0.05) is 12.1 Å². The minimum absolute atomic E-state index is 0.124. The number of thiazole rings is 1. The van der Waals surface area contributed by atoms with Crippen molar-refractivity contribution < 1.29 is 4.79 Å². The molecule has 1 aromatic carbocycles. The molecule has 4 aromatic rings. The summed E-state index contributed by atoms with van der Waals surface area (Å²) < 4.78 is 2.25. The van der Waals surface area contributed by atoms with Crippen molar-refractivity contribution in [1.29, 1.82) is 0 Å². The second-order valence-electron chi connectivity index (χ2n) is 14.1. The second kappa shape index (κ2) is 10.4. The lowest BCUT2D eigenvalue weighted by Crippen LogP contribution is -2.48. The summed E-state index contributed by atoms with van der Waals surface area (Å²) in [7, 11) is 0. The molecule has 8 nitrogen and oxygen atoms in total. The van der Waals surface area contributed by atoms with Crippen molar-refractivity contribution >= 4 is 34.0 Å². The van der Waals surface area contributed by atoms with Crippen molar-refractivity contribution in [2.75, 3.05) is 22.5 Å². The van der Waals surface area contributed by atoms with Crippen LogP contribution in [0.3, 0.4) is 0 Å². The van der Waals surface area contributed by atoms with Gasteiger partial charge in [0, 0.05) is 46.9 Å². The molecule has 3 aromatic heterocycles. The molecule has 4 bridgehead atoms. The number of carbonyl (C=O) groups is 1. The number of nitrogen functional groups attached to an aromatic ring is 1. The zero-order valence-electron chi connectivity index (χ0n) is 25.9. The topological polar surface area (TPSA) is 102 Å². The average Bonchev–Trinajstić information content (AvgIpc) is 3.50. The first-order chi connectivity index (χ1) is 21.2. The summed E-state index contributed by atoms with van der Waals surface area (Å²) in [6, 6.07) is 10.2. The number of benzene rings is 1. The van der Waals surface area contributed by atoms with Gasteiger partial charge in [-0.3, -0.25) is 14.8 Å². The Balaban J connectivity index is 1.01. The number of nitrogens with zero attached hydrogens (tertiary/aromatic N) is 5. The van der Waals surface area contributed by atoms with Crippen LogP contribution < -0.4 is 16.0 Å². The molecule has 1 aliphatic heterocycles. The first-order valence-electron chi connectivity index (χ1n) is 16.1. The number of aryl methyl sites for hydroxylation is 2. The maximum Gasteiger partial charge on any atom is 0.257 e. The number of pyridine rings is 1. The number of hydrogen-bond donors (Lipinski definition) is 2. The lowest BCUT2D eigenvalue weighted by molar-refractivity contribution is -0.0638. The Morgan fingerprint density at radius 1 is 1.02 bits per heavy atom. The molecule has 1 amide bonds. The van der Waals surface area contributed by atoms with Crippen molar-refractivity contribution in [3.8, 4) is 11.1 Å². The number of nitrogens with two attached hydrogens (primary N) is 1. The number of hydrogen-bond acceptors (Lipinski definition) is 7. The monoisotopic (exact) mass is 607 g/mol. The summed E-state index contributed by atoms with van der Waals surface area (Å²) in [5.41, 5.74) is 14.1. The highest BCUT2D eigenvalue weighted by atomic mass is 32.1. The summed E-state index contributed by atoms with van der Waals surface area (Å²) in [6.07, 6.45) is 11.3. The Kier molecular flexibility index (Phi) is 6.59. The largest absolute Gasteiger partial charge is 0.383 e. The number of aromatic nitrogens is 4. The molecule has 44 heavy (non-hydrogen) atoms. The number of carbonyl (C=O) groups excluding carboxylic acids is 1. The van der Waals surface area contributed by atoms with E-state index >= 15 is 0 Å². The molecule has 4 saturated carbocycles. The molecule has 4 fully saturated rings. The zero-order chi connectivity index (χ0) is 30.2. The molecular formula is C35H41N7OS. The Morgan fingerprint density at radius 2 is 1.77 bits per heavy atom. The van der Waals surface area contributed by atoms with E-state index in [0.29, 0.717) is 28.5 Å². The molecule has 9 heteroatoms. The number of nitrogens with one attached hydrogen (secondary N) is 1. The Morgan fingerprint density at radius 3 is 2.45 bits per heavy atom. The predicted molar refractivity (Wildman–Crippen MR) is 176 cm³/mol. The van der Waals surface area contributed by atoms with Gasteiger partial charge in [-0.25, -0.2) is 9.97 Å². The molecule has 0 radical (unpaired) electrons. The summed E-state index contributed by atoms with van der Waals surface area (Å²) in [5.74, 6) is 4.03. The SMILES string of the molecule is Cc1nc(NC(=O)c2cccc3c2CN(c2ccc(-c4cnn(CC56CC7CC(CC(C7)C5)C6)c4C)c(N)n2)CC3)sc1C. The van der Waals surface area contributed by atoms with Gasteiger partial charge in [0.15, 0.2) is 5.13 Å². The molecule has 0 saturated heterocycles. The highest BCUT2D eigenvalue weighted by Crippen LogP contribution is 2.60. The van der Waals surface area contributed by atoms with Gasteiger partial charge in [0.2, 0.25) is 0 Å². The Bertz CT molecular complexity index is 1720. The Hall–Kier alpha value is -3.72. The van der Waals surface area contributed by atoms with Crippen LogP contribution in [0, 0.1) is 43.9 Å². The number of rotatable bonds is 6. The number of amides is 1. The molecule has 9 rings (SSSR count). The minimum Gasteiger partial charge on any atom is -0.383 e. The van der Waals surface area contributed by atoms with E-state index in [1.54, 1.807) is 0 Å². The fourth-order valence-corrected chi connectivity index (χ4v) is 10.0. The van der Waals surface area contributed by atoms with Gasteiger partial charge in [-0.05, 0) is 118 Å². The van der Waals surface area contributed by atoms with E-state index in [-0.39, 0.29) is 5.91 Å². The smallest absolute Gasteiger partial charge is 0.257 e. The maximum absolute atomic E-state index is 13.3. The van der Waals surface area contributed by atoms with Crippen LogP contribution in [0.2, 0.25) is 0 Å². The molecular weight excluding hydrogens is 567 g/mol. The van der Waals surface area contributed by atoms with E-state index < -0.39 is 0 Å². The van der Waals surface area contributed by atoms with E-state index in [9.17, 15) is 4.79 Å². The van der Waals surface area contributed by atoms with Gasteiger partial charge < -0.3 is 10.6 Å². The molecule has 3 N–H and O–H groups in total. The molecule has 0 spiro atoms. The molecule has 4 aliphatic carbocycles. The molecule has 4 heterocycles. The van der Waals surface area contributed by atoms with Gasteiger partial charge in [-0.15, -0.1) is 11.3 Å². The summed E-state index contributed by atoms with van der Waals surface area (Å²) in [5, 5.41) is 8.54. The van der Waals surface area contributed by atoms with E-state index in [1.807, 2.05) is 32.2 Å². The normalized spacial score (nSPS) is 25.3. The van der Waals surface area contributed by atoms with Crippen LogP contribution in [-0.2, 0) is 19.5 Å². The zero-order valence-corrected chi connectivity index (χ0v) is 26.7. The maximum atomic E-state index is 13.3. The van der Waals surface area contributed by atoms with Crippen LogP contribution in [0.1, 0.15) is 76.3 Å². The van der Waals surface area contributed by atoms with Gasteiger partial charge in [0.1, 0.15) is 11.6 Å². The number of fused-ring (bicyclic) bond motifs is 1. The van der Waals surface area contributed by atoms with Crippen molar-refractivity contribution in [2.45, 2.75) is 78.8 Å². The summed E-state index contributed by atoms with van der Waals surface area (Å²) >= 11 is 1.51. The third-order valence-electron chi connectivity index (χ3n) is 11.0. The van der Waals surface area contributed by atoms with Gasteiger partial charge in [0.05, 0.1) is 11.9 Å². The molecule has 0 atom stereocenters. The van der Waals surface area contributed by atoms with Crippen LogP contribution >= 0.6 is 11.3 Å². The third-order valence-corrected chi connectivity index (χ3v) is 12.0. The van der Waals surface area contributed by atoms with Gasteiger partial charge >= 0.3 is 0 Å². The average molecular weight is 608 g/mol. The predicted octanol–water partition coefficient (Wildman–Crippen LogP) is 6.94. The Labute approximate surface area is 263 Å². The van der Waals surface area contributed by atoms with Crippen LogP contribution in [0.15, 0.2) is 36.5 Å². The van der Waals surface area contributed by atoms with Crippen LogP contribution in [0.4, 0.5) is 16.8 Å². The lowest BCUT2D eigenvalue weighted by atomic mass is 9.49. The van der Waals surface area contributed by atoms with Crippen LogP contribution in [0.25, 0.3) is 11.1 Å². The highest BCUT2D eigenvalue weighted by molar-refractivity contribution is 7.15. The number of anilines is 3. The highest BCUT2D eigenvalue weighted by Gasteiger charge is 2.51. The van der Waals surface area contributed by atoms with E-state index in [4.69, 9.17) is 15.8 Å². The van der Waals surface area contributed by atoms with Crippen molar-refractivity contribution in [2.24, 2.45) is 23.2 Å². The van der Waals surface area contributed by atoms with Crippen LogP contribution in [-0.4, -0.2) is 32.2 Å². The fraction of sp³-hybridized carbons (Fsp3) is 0.486. The minimum atomic E-state index is -0.124. The lowest BCUT2D eigenvalue weighted by Gasteiger charge is -2.56. The van der Waals surface area contributed by atoms with Gasteiger partial charge in [-0.2, -0.15) is 5.10 Å². The van der Waals surface area contributed by atoms with Crippen molar-refractivity contribution in [1.82, 2.24) is 19.7 Å². The van der Waals surface area contributed by atoms with E-state index in [2.05, 4.69) is 45.0 Å². The van der Waals surface area contributed by atoms with Crippen LogP contribution in [0.5, 0.6) is 0 Å². The van der Waals surface area contributed by atoms with Crippen molar-refractivity contribution in [3.63, 3.8) is 0 Å².